The fourth-order valence-electron chi connectivity index (χ4n) is 3.20. The van der Waals surface area contributed by atoms with E-state index >= 15 is 0 Å². The molecular formula is C18H29N5O9. The Morgan fingerprint density at radius 1 is 1.00 bits per heavy atom. The van der Waals surface area contributed by atoms with E-state index in [1.54, 1.807) is 0 Å². The molecule has 1 rings (SSSR count). The first-order chi connectivity index (χ1) is 15.0. The highest BCUT2D eigenvalue weighted by molar-refractivity contribution is 5.94. The van der Waals surface area contributed by atoms with Crippen molar-refractivity contribution < 1.29 is 44.1 Å². The molecule has 1 aliphatic heterocycles. The molecule has 1 saturated heterocycles. The maximum absolute atomic E-state index is 13.0. The van der Waals surface area contributed by atoms with E-state index in [0.717, 1.165) is 4.90 Å². The van der Waals surface area contributed by atoms with Crippen LogP contribution in [0.3, 0.4) is 0 Å². The Balaban J connectivity index is 2.94. The lowest BCUT2D eigenvalue weighted by molar-refractivity contribution is -0.145. The summed E-state index contributed by atoms with van der Waals surface area (Å²) in [5.74, 6) is -5.68. The summed E-state index contributed by atoms with van der Waals surface area (Å²) >= 11 is 0. The van der Waals surface area contributed by atoms with E-state index in [-0.39, 0.29) is 32.2 Å². The standard InChI is InChI=1S/C18H29N5O9/c19-9(8-24)15(28)21-10(4-6-14(26)27)17(30)23-7-1-2-12(23)16(29)22-11(18(31)32)3-5-13(20)25/h9-12,24H,1-8,19H2,(H2,20,25)(H,21,28)(H,22,29)(H,26,27)(H,31,32). The molecule has 0 bridgehead atoms. The van der Waals surface area contributed by atoms with Gasteiger partial charge in [-0.05, 0) is 25.7 Å². The van der Waals surface area contributed by atoms with Crippen molar-refractivity contribution >= 4 is 35.6 Å². The summed E-state index contributed by atoms with van der Waals surface area (Å²) in [5, 5.41) is 31.8. The topological polar surface area (TPSA) is 242 Å². The quantitative estimate of drug-likeness (QED) is 0.143. The predicted octanol–water partition coefficient (Wildman–Crippen LogP) is -3.52. The maximum atomic E-state index is 13.0. The Kier molecular flexibility index (Phi) is 10.5. The Morgan fingerprint density at radius 2 is 1.62 bits per heavy atom. The highest BCUT2D eigenvalue weighted by atomic mass is 16.4. The lowest BCUT2D eigenvalue weighted by Gasteiger charge is -2.29. The molecule has 1 heterocycles. The van der Waals surface area contributed by atoms with Crippen LogP contribution in [0.25, 0.3) is 0 Å². The molecule has 180 valence electrons. The number of nitrogens with two attached hydrogens (primary N) is 2. The molecule has 1 aliphatic rings. The first-order valence-electron chi connectivity index (χ1n) is 9.98. The molecular weight excluding hydrogens is 430 g/mol. The number of nitrogens with zero attached hydrogens (tertiary/aromatic N) is 1. The van der Waals surface area contributed by atoms with Crippen molar-refractivity contribution in [3.8, 4) is 0 Å². The van der Waals surface area contributed by atoms with Gasteiger partial charge in [0.05, 0.1) is 6.61 Å². The number of carboxylic acid groups (broad SMARTS) is 2. The fraction of sp³-hybridized carbons (Fsp3) is 0.667. The van der Waals surface area contributed by atoms with Crippen molar-refractivity contribution in [1.29, 1.82) is 0 Å². The first-order valence-corrected chi connectivity index (χ1v) is 9.98. The lowest BCUT2D eigenvalue weighted by atomic mass is 10.1. The second kappa shape index (κ2) is 12.6. The number of hydrogen-bond donors (Lipinski definition) is 7. The van der Waals surface area contributed by atoms with Crippen LogP contribution >= 0.6 is 0 Å². The van der Waals surface area contributed by atoms with Gasteiger partial charge in [-0.3, -0.25) is 24.0 Å². The largest absolute Gasteiger partial charge is 0.481 e. The zero-order chi connectivity index (χ0) is 24.4. The number of carbonyl (C=O) groups is 6. The van der Waals surface area contributed by atoms with Crippen molar-refractivity contribution in [1.82, 2.24) is 15.5 Å². The predicted molar refractivity (Wildman–Crippen MR) is 107 cm³/mol. The summed E-state index contributed by atoms with van der Waals surface area (Å²) in [6.07, 6.45) is -0.594. The molecule has 0 aromatic heterocycles. The van der Waals surface area contributed by atoms with Gasteiger partial charge in [0.1, 0.15) is 24.2 Å². The maximum Gasteiger partial charge on any atom is 0.326 e. The van der Waals surface area contributed by atoms with Gasteiger partial charge in [0.2, 0.25) is 23.6 Å². The molecule has 9 N–H and O–H groups in total. The number of likely N-dealkylation sites (tertiary alicyclic amines) is 1. The minimum absolute atomic E-state index is 0.126. The highest BCUT2D eigenvalue weighted by Gasteiger charge is 2.39. The third-order valence-electron chi connectivity index (χ3n) is 4.93. The monoisotopic (exact) mass is 459 g/mol. The van der Waals surface area contributed by atoms with Crippen molar-refractivity contribution in [2.24, 2.45) is 11.5 Å². The van der Waals surface area contributed by atoms with E-state index in [2.05, 4.69) is 10.6 Å². The van der Waals surface area contributed by atoms with Gasteiger partial charge in [-0.2, -0.15) is 0 Å². The average Bonchev–Trinajstić information content (AvgIpc) is 3.22. The van der Waals surface area contributed by atoms with Gasteiger partial charge in [-0.15, -0.1) is 0 Å². The van der Waals surface area contributed by atoms with Crippen LogP contribution in [-0.2, 0) is 28.8 Å². The Hall–Kier alpha value is -3.26. The minimum Gasteiger partial charge on any atom is -0.481 e. The molecule has 14 heteroatoms. The number of nitrogens with one attached hydrogen (secondary N) is 2. The van der Waals surface area contributed by atoms with Crippen LogP contribution in [-0.4, -0.2) is 93.1 Å². The van der Waals surface area contributed by atoms with E-state index in [1.807, 2.05) is 0 Å². The first kappa shape index (κ1) is 26.8. The SMILES string of the molecule is NC(=O)CCC(NC(=O)C1CCCN1C(=O)C(CCC(=O)O)NC(=O)C(N)CO)C(=O)O. The summed E-state index contributed by atoms with van der Waals surface area (Å²) in [4.78, 5) is 72.0. The van der Waals surface area contributed by atoms with Gasteiger partial charge in [0, 0.05) is 19.4 Å². The van der Waals surface area contributed by atoms with E-state index in [9.17, 15) is 33.9 Å². The summed E-state index contributed by atoms with van der Waals surface area (Å²) in [7, 11) is 0. The molecule has 4 amide bonds. The Labute approximate surface area is 183 Å². The number of aliphatic hydroxyl groups is 1. The number of hydrogen-bond acceptors (Lipinski definition) is 8. The Morgan fingerprint density at radius 3 is 2.16 bits per heavy atom. The van der Waals surface area contributed by atoms with Crippen molar-refractivity contribution in [3.05, 3.63) is 0 Å². The van der Waals surface area contributed by atoms with E-state index in [4.69, 9.17) is 21.7 Å². The molecule has 0 aromatic carbocycles. The minimum atomic E-state index is -1.39. The van der Waals surface area contributed by atoms with Crippen LogP contribution in [0.5, 0.6) is 0 Å². The molecule has 4 unspecified atom stereocenters. The zero-order valence-corrected chi connectivity index (χ0v) is 17.4. The van der Waals surface area contributed by atoms with Crippen LogP contribution < -0.4 is 22.1 Å². The van der Waals surface area contributed by atoms with Gasteiger partial charge in [-0.1, -0.05) is 0 Å². The zero-order valence-electron chi connectivity index (χ0n) is 17.4. The van der Waals surface area contributed by atoms with E-state index in [0.29, 0.717) is 6.42 Å². The summed E-state index contributed by atoms with van der Waals surface area (Å²) < 4.78 is 0. The number of aliphatic hydroxyl groups excluding tert-OH is 1. The van der Waals surface area contributed by atoms with E-state index in [1.165, 1.54) is 0 Å². The molecule has 0 saturated carbocycles. The summed E-state index contributed by atoms with van der Waals surface area (Å²) in [5.41, 5.74) is 10.4. The van der Waals surface area contributed by atoms with Crippen LogP contribution in [0.4, 0.5) is 0 Å². The number of carboxylic acids is 2. The Bertz CT molecular complexity index is 744. The third-order valence-corrected chi connectivity index (χ3v) is 4.93. The molecule has 4 atom stereocenters. The number of aliphatic carboxylic acids is 2. The second-order valence-corrected chi connectivity index (χ2v) is 7.38. The molecule has 32 heavy (non-hydrogen) atoms. The average molecular weight is 459 g/mol. The molecule has 14 nitrogen and oxygen atoms in total. The van der Waals surface area contributed by atoms with Gasteiger partial charge >= 0.3 is 11.9 Å². The number of carbonyl (C=O) groups excluding carboxylic acids is 4. The fourth-order valence-corrected chi connectivity index (χ4v) is 3.20. The normalized spacial score (nSPS) is 18.3. The summed E-state index contributed by atoms with van der Waals surface area (Å²) in [6.45, 7) is -0.566. The second-order valence-electron chi connectivity index (χ2n) is 7.38. The van der Waals surface area contributed by atoms with Crippen molar-refractivity contribution in [2.75, 3.05) is 13.2 Å². The van der Waals surface area contributed by atoms with Gasteiger partial charge in [0.25, 0.3) is 0 Å². The smallest absolute Gasteiger partial charge is 0.326 e. The van der Waals surface area contributed by atoms with Crippen LogP contribution in [0.1, 0.15) is 38.5 Å². The van der Waals surface area contributed by atoms with Crippen molar-refractivity contribution in [3.63, 3.8) is 0 Å². The number of primary amides is 1. The van der Waals surface area contributed by atoms with Gasteiger partial charge in [-0.25, -0.2) is 4.79 Å². The van der Waals surface area contributed by atoms with E-state index < -0.39 is 72.8 Å². The highest BCUT2D eigenvalue weighted by Crippen LogP contribution is 2.20. The number of amides is 4. The third kappa shape index (κ3) is 8.11. The van der Waals surface area contributed by atoms with Gasteiger partial charge < -0.3 is 42.3 Å². The van der Waals surface area contributed by atoms with Crippen molar-refractivity contribution in [2.45, 2.75) is 62.7 Å². The molecule has 1 fully saturated rings. The molecule has 0 spiro atoms. The van der Waals surface area contributed by atoms with Crippen LogP contribution in [0.2, 0.25) is 0 Å². The molecule has 0 radical (unpaired) electrons. The molecule has 0 aromatic rings. The lowest BCUT2D eigenvalue weighted by Crippen LogP contribution is -2.57. The van der Waals surface area contributed by atoms with Gasteiger partial charge in [0.15, 0.2) is 0 Å². The van der Waals surface area contributed by atoms with Crippen LogP contribution in [0, 0.1) is 0 Å². The summed E-state index contributed by atoms with van der Waals surface area (Å²) in [6, 6.07) is -5.07. The number of rotatable bonds is 13. The molecule has 0 aliphatic carbocycles. The van der Waals surface area contributed by atoms with Crippen LogP contribution in [0.15, 0.2) is 0 Å².